The third-order valence-electron chi connectivity index (χ3n) is 4.99. The molecule has 1 nitrogen and oxygen atoms in total. The Hall–Kier alpha value is -1.34. The summed E-state index contributed by atoms with van der Waals surface area (Å²) in [5.41, 5.74) is 2.80. The number of benzene rings is 1. The Labute approximate surface area is 142 Å². The van der Waals surface area contributed by atoms with Crippen molar-refractivity contribution >= 4 is 0 Å². The van der Waals surface area contributed by atoms with Crippen molar-refractivity contribution < 1.29 is 4.74 Å². The molecule has 0 saturated heterocycles. The van der Waals surface area contributed by atoms with Gasteiger partial charge in [-0.05, 0) is 75.3 Å². The first-order valence-corrected chi connectivity index (χ1v) is 9.22. The molecule has 0 aliphatic heterocycles. The molecular formula is C22H32O. The predicted molar refractivity (Wildman–Crippen MR) is 99.7 cm³/mol. The molecule has 0 radical (unpaired) electrons. The summed E-state index contributed by atoms with van der Waals surface area (Å²) in [4.78, 5) is 0. The van der Waals surface area contributed by atoms with Crippen LogP contribution in [0.4, 0.5) is 0 Å². The lowest BCUT2D eigenvalue weighted by molar-refractivity contribution is 0.148. The van der Waals surface area contributed by atoms with E-state index >= 15 is 0 Å². The molecule has 0 amide bonds. The molecule has 126 valence electrons. The minimum Gasteiger partial charge on any atom is -0.373 e. The second-order valence-electron chi connectivity index (χ2n) is 6.69. The fourth-order valence-electron chi connectivity index (χ4n) is 3.51. The zero-order chi connectivity index (χ0) is 16.3. The molecule has 1 aliphatic rings. The van der Waals surface area contributed by atoms with Crippen molar-refractivity contribution in [1.82, 2.24) is 0 Å². The standard InChI is InChI=1S/C22H32O/c1-3-5-7-8-19-9-13-21(14-10-19)22-15-11-20(12-16-22)18-23-17-6-4-2/h3-6,11-12,15-16,19,21H,7-10,13-14,17-18H2,1-2H3/t19-,21-. The van der Waals surface area contributed by atoms with Gasteiger partial charge in [0.05, 0.1) is 13.2 Å². The van der Waals surface area contributed by atoms with E-state index in [1.165, 1.54) is 49.7 Å². The van der Waals surface area contributed by atoms with Crippen molar-refractivity contribution in [3.63, 3.8) is 0 Å². The number of rotatable bonds is 8. The number of hydrogen-bond donors (Lipinski definition) is 0. The van der Waals surface area contributed by atoms with Crippen LogP contribution in [0.3, 0.4) is 0 Å². The summed E-state index contributed by atoms with van der Waals surface area (Å²) in [6.07, 6.45) is 16.7. The van der Waals surface area contributed by atoms with Crippen LogP contribution in [0.2, 0.25) is 0 Å². The summed E-state index contributed by atoms with van der Waals surface area (Å²) >= 11 is 0. The predicted octanol–water partition coefficient (Wildman–Crippen LogP) is 6.41. The molecule has 1 aromatic rings. The van der Waals surface area contributed by atoms with Crippen molar-refractivity contribution in [2.45, 2.75) is 64.9 Å². The molecule has 1 fully saturated rings. The number of ether oxygens (including phenoxy) is 1. The van der Waals surface area contributed by atoms with E-state index in [0.717, 1.165) is 11.8 Å². The molecule has 0 spiro atoms. The summed E-state index contributed by atoms with van der Waals surface area (Å²) in [6.45, 7) is 5.55. The van der Waals surface area contributed by atoms with Crippen LogP contribution in [0.1, 0.15) is 69.4 Å². The van der Waals surface area contributed by atoms with Gasteiger partial charge in [0.1, 0.15) is 0 Å². The fraction of sp³-hybridized carbons (Fsp3) is 0.545. The molecular weight excluding hydrogens is 280 g/mol. The fourth-order valence-corrected chi connectivity index (χ4v) is 3.51. The maximum absolute atomic E-state index is 5.61. The van der Waals surface area contributed by atoms with Crippen LogP contribution in [-0.4, -0.2) is 6.61 Å². The van der Waals surface area contributed by atoms with Gasteiger partial charge in [0.25, 0.3) is 0 Å². The molecule has 1 saturated carbocycles. The summed E-state index contributed by atoms with van der Waals surface area (Å²) in [5.74, 6) is 1.72. The minimum atomic E-state index is 0.704. The second-order valence-corrected chi connectivity index (χ2v) is 6.69. The molecule has 0 bridgehead atoms. The Kier molecular flexibility index (Phi) is 8.17. The van der Waals surface area contributed by atoms with Crippen LogP contribution in [0.25, 0.3) is 0 Å². The van der Waals surface area contributed by atoms with Crippen molar-refractivity contribution in [3.8, 4) is 0 Å². The first kappa shape index (κ1) is 18.0. The van der Waals surface area contributed by atoms with E-state index < -0.39 is 0 Å². The van der Waals surface area contributed by atoms with Crippen LogP contribution in [0.5, 0.6) is 0 Å². The van der Waals surface area contributed by atoms with Gasteiger partial charge >= 0.3 is 0 Å². The third kappa shape index (κ3) is 6.35. The lowest BCUT2D eigenvalue weighted by Gasteiger charge is -2.28. The Bertz CT molecular complexity index is 475. The zero-order valence-electron chi connectivity index (χ0n) is 14.8. The first-order chi connectivity index (χ1) is 11.3. The Morgan fingerprint density at radius 1 is 0.957 bits per heavy atom. The van der Waals surface area contributed by atoms with E-state index in [4.69, 9.17) is 4.74 Å². The topological polar surface area (TPSA) is 9.23 Å². The molecule has 2 rings (SSSR count). The van der Waals surface area contributed by atoms with E-state index in [1.807, 2.05) is 19.1 Å². The van der Waals surface area contributed by atoms with Crippen LogP contribution in [0, 0.1) is 5.92 Å². The van der Waals surface area contributed by atoms with E-state index in [2.05, 4.69) is 43.3 Å². The summed E-state index contributed by atoms with van der Waals surface area (Å²) in [7, 11) is 0. The lowest BCUT2D eigenvalue weighted by atomic mass is 9.77. The monoisotopic (exact) mass is 312 g/mol. The van der Waals surface area contributed by atoms with Crippen molar-refractivity contribution in [1.29, 1.82) is 0 Å². The molecule has 1 heteroatoms. The summed E-state index contributed by atoms with van der Waals surface area (Å²) in [6, 6.07) is 9.12. The molecule has 0 heterocycles. The van der Waals surface area contributed by atoms with Crippen LogP contribution in [-0.2, 0) is 11.3 Å². The van der Waals surface area contributed by atoms with Gasteiger partial charge < -0.3 is 4.74 Å². The minimum absolute atomic E-state index is 0.704. The van der Waals surface area contributed by atoms with Crippen LogP contribution >= 0.6 is 0 Å². The summed E-state index contributed by atoms with van der Waals surface area (Å²) in [5, 5.41) is 0. The van der Waals surface area contributed by atoms with Gasteiger partial charge in [0.2, 0.25) is 0 Å². The molecule has 0 unspecified atom stereocenters. The highest BCUT2D eigenvalue weighted by atomic mass is 16.5. The maximum Gasteiger partial charge on any atom is 0.0721 e. The van der Waals surface area contributed by atoms with Gasteiger partial charge in [-0.1, -0.05) is 48.6 Å². The molecule has 1 aliphatic carbocycles. The number of allylic oxidation sites excluding steroid dienone is 3. The Morgan fingerprint density at radius 2 is 1.65 bits per heavy atom. The van der Waals surface area contributed by atoms with Crippen LogP contribution in [0.15, 0.2) is 48.6 Å². The largest absolute Gasteiger partial charge is 0.373 e. The highest BCUT2D eigenvalue weighted by molar-refractivity contribution is 5.25. The van der Waals surface area contributed by atoms with Crippen molar-refractivity contribution in [2.24, 2.45) is 5.92 Å². The average Bonchev–Trinajstić information content (AvgIpc) is 2.60. The second kappa shape index (κ2) is 10.4. The van der Waals surface area contributed by atoms with Crippen molar-refractivity contribution in [3.05, 3.63) is 59.7 Å². The maximum atomic E-state index is 5.61. The normalized spacial score (nSPS) is 22.2. The Morgan fingerprint density at radius 3 is 2.30 bits per heavy atom. The van der Waals surface area contributed by atoms with Gasteiger partial charge in [0.15, 0.2) is 0 Å². The smallest absolute Gasteiger partial charge is 0.0721 e. The molecule has 23 heavy (non-hydrogen) atoms. The van der Waals surface area contributed by atoms with E-state index in [1.54, 1.807) is 0 Å². The SMILES string of the molecule is CC=CCC[C@H]1CC[C@H](c2ccc(COCC=CC)cc2)CC1. The van der Waals surface area contributed by atoms with Gasteiger partial charge in [-0.2, -0.15) is 0 Å². The molecule has 0 N–H and O–H groups in total. The van der Waals surface area contributed by atoms with E-state index in [-0.39, 0.29) is 0 Å². The third-order valence-corrected chi connectivity index (χ3v) is 4.99. The molecule has 1 aromatic carbocycles. The van der Waals surface area contributed by atoms with Gasteiger partial charge in [-0.15, -0.1) is 0 Å². The van der Waals surface area contributed by atoms with E-state index in [0.29, 0.717) is 13.2 Å². The quantitative estimate of drug-likeness (QED) is 0.398. The van der Waals surface area contributed by atoms with Gasteiger partial charge in [-0.25, -0.2) is 0 Å². The molecule has 0 atom stereocenters. The van der Waals surface area contributed by atoms with Gasteiger partial charge in [-0.3, -0.25) is 0 Å². The highest BCUT2D eigenvalue weighted by Crippen LogP contribution is 2.37. The first-order valence-electron chi connectivity index (χ1n) is 9.22. The lowest BCUT2D eigenvalue weighted by Crippen LogP contribution is -2.13. The zero-order valence-corrected chi connectivity index (χ0v) is 14.8. The summed E-state index contributed by atoms with van der Waals surface area (Å²) < 4.78 is 5.61. The number of hydrogen-bond acceptors (Lipinski definition) is 1. The van der Waals surface area contributed by atoms with Crippen LogP contribution < -0.4 is 0 Å². The average molecular weight is 312 g/mol. The highest BCUT2D eigenvalue weighted by Gasteiger charge is 2.21. The van der Waals surface area contributed by atoms with Gasteiger partial charge in [0, 0.05) is 0 Å². The molecule has 0 aromatic heterocycles. The van der Waals surface area contributed by atoms with E-state index in [9.17, 15) is 0 Å². The van der Waals surface area contributed by atoms with Crippen molar-refractivity contribution in [2.75, 3.05) is 6.61 Å². The Balaban J connectivity index is 1.75.